The fourth-order valence-corrected chi connectivity index (χ4v) is 3.81. The quantitative estimate of drug-likeness (QED) is 0.710. The SMILES string of the molecule is COC(=O)c1ccc(CS(=O)(=O)Nc2cccc3ccccc23)cc1. The molecule has 3 aromatic carbocycles. The smallest absolute Gasteiger partial charge is 0.337 e. The summed E-state index contributed by atoms with van der Waals surface area (Å²) in [6.07, 6.45) is 0. The van der Waals surface area contributed by atoms with Gasteiger partial charge in [0.1, 0.15) is 0 Å². The third-order valence-corrected chi connectivity index (χ3v) is 5.03. The highest BCUT2D eigenvalue weighted by Gasteiger charge is 2.14. The van der Waals surface area contributed by atoms with Gasteiger partial charge in [-0.3, -0.25) is 4.72 Å². The van der Waals surface area contributed by atoms with Crippen molar-refractivity contribution in [1.82, 2.24) is 0 Å². The number of anilines is 1. The molecule has 0 fully saturated rings. The number of methoxy groups -OCH3 is 1. The maximum Gasteiger partial charge on any atom is 0.337 e. The minimum Gasteiger partial charge on any atom is -0.465 e. The summed E-state index contributed by atoms with van der Waals surface area (Å²) in [6.45, 7) is 0. The largest absolute Gasteiger partial charge is 0.465 e. The molecule has 0 spiro atoms. The van der Waals surface area contributed by atoms with Gasteiger partial charge in [0.05, 0.1) is 24.1 Å². The molecule has 0 saturated heterocycles. The number of hydrogen-bond acceptors (Lipinski definition) is 4. The lowest BCUT2D eigenvalue weighted by molar-refractivity contribution is 0.0600. The summed E-state index contributed by atoms with van der Waals surface area (Å²) in [6, 6.07) is 19.4. The van der Waals surface area contributed by atoms with Crippen LogP contribution in [0.1, 0.15) is 15.9 Å². The summed E-state index contributed by atoms with van der Waals surface area (Å²) in [5, 5.41) is 1.81. The van der Waals surface area contributed by atoms with Gasteiger partial charge in [-0.1, -0.05) is 48.5 Å². The van der Waals surface area contributed by atoms with Crippen molar-refractivity contribution in [3.8, 4) is 0 Å². The lowest BCUT2D eigenvalue weighted by Crippen LogP contribution is -2.15. The maximum absolute atomic E-state index is 12.5. The van der Waals surface area contributed by atoms with E-state index in [4.69, 9.17) is 0 Å². The van der Waals surface area contributed by atoms with Crippen LogP contribution >= 0.6 is 0 Å². The van der Waals surface area contributed by atoms with Crippen LogP contribution < -0.4 is 4.72 Å². The highest BCUT2D eigenvalue weighted by atomic mass is 32.2. The summed E-state index contributed by atoms with van der Waals surface area (Å²) >= 11 is 0. The van der Waals surface area contributed by atoms with Crippen molar-refractivity contribution in [2.45, 2.75) is 5.75 Å². The van der Waals surface area contributed by atoms with Gasteiger partial charge in [0.2, 0.25) is 10.0 Å². The predicted octanol–water partition coefficient (Wildman–Crippen LogP) is 3.57. The van der Waals surface area contributed by atoms with Crippen molar-refractivity contribution in [2.75, 3.05) is 11.8 Å². The Kier molecular flexibility index (Phi) is 4.72. The average Bonchev–Trinajstić information content (AvgIpc) is 2.61. The third kappa shape index (κ3) is 3.97. The van der Waals surface area contributed by atoms with Crippen LogP contribution in [-0.4, -0.2) is 21.5 Å². The fraction of sp³-hybridized carbons (Fsp3) is 0.105. The molecule has 0 radical (unpaired) electrons. The third-order valence-electron chi connectivity index (χ3n) is 3.79. The Bertz CT molecular complexity index is 1010. The van der Waals surface area contributed by atoms with Gasteiger partial charge >= 0.3 is 5.97 Å². The zero-order chi connectivity index (χ0) is 17.9. The molecular weight excluding hydrogens is 338 g/mol. The molecular formula is C19H17NO4S. The summed E-state index contributed by atoms with van der Waals surface area (Å²) in [5.74, 6) is -0.638. The van der Waals surface area contributed by atoms with Crippen molar-refractivity contribution in [3.05, 3.63) is 77.9 Å². The monoisotopic (exact) mass is 355 g/mol. The zero-order valence-electron chi connectivity index (χ0n) is 13.6. The number of hydrogen-bond donors (Lipinski definition) is 1. The van der Waals surface area contributed by atoms with Gasteiger partial charge in [0.15, 0.2) is 0 Å². The first-order valence-electron chi connectivity index (χ1n) is 7.64. The van der Waals surface area contributed by atoms with Gasteiger partial charge in [-0.2, -0.15) is 0 Å². The Labute approximate surface area is 146 Å². The number of benzene rings is 3. The van der Waals surface area contributed by atoms with Gasteiger partial charge in [-0.25, -0.2) is 13.2 Å². The second-order valence-electron chi connectivity index (χ2n) is 5.58. The molecule has 0 saturated carbocycles. The van der Waals surface area contributed by atoms with Crippen LogP contribution in [0.3, 0.4) is 0 Å². The summed E-state index contributed by atoms with van der Waals surface area (Å²) in [7, 11) is -2.28. The van der Waals surface area contributed by atoms with Gasteiger partial charge in [0.25, 0.3) is 0 Å². The van der Waals surface area contributed by atoms with E-state index in [9.17, 15) is 13.2 Å². The van der Waals surface area contributed by atoms with Crippen molar-refractivity contribution in [3.63, 3.8) is 0 Å². The van der Waals surface area contributed by atoms with Crippen molar-refractivity contribution in [1.29, 1.82) is 0 Å². The average molecular weight is 355 g/mol. The number of sulfonamides is 1. The Morgan fingerprint density at radius 3 is 2.36 bits per heavy atom. The van der Waals surface area contributed by atoms with E-state index in [1.807, 2.05) is 36.4 Å². The molecule has 0 atom stereocenters. The molecule has 3 rings (SSSR count). The molecule has 0 amide bonds. The Morgan fingerprint density at radius 1 is 0.960 bits per heavy atom. The summed E-state index contributed by atoms with van der Waals surface area (Å²) in [4.78, 5) is 11.4. The molecule has 128 valence electrons. The second-order valence-corrected chi connectivity index (χ2v) is 7.30. The van der Waals surface area contributed by atoms with Gasteiger partial charge in [0, 0.05) is 5.39 Å². The molecule has 3 aromatic rings. The van der Waals surface area contributed by atoms with Crippen molar-refractivity contribution in [2.24, 2.45) is 0 Å². The highest BCUT2D eigenvalue weighted by Crippen LogP contribution is 2.24. The van der Waals surface area contributed by atoms with Crippen LogP contribution in [0.25, 0.3) is 10.8 Å². The number of rotatable bonds is 5. The Hall–Kier alpha value is -2.86. The number of nitrogens with one attached hydrogen (secondary N) is 1. The molecule has 0 aromatic heterocycles. The normalized spacial score (nSPS) is 11.2. The van der Waals surface area contributed by atoms with E-state index < -0.39 is 16.0 Å². The van der Waals surface area contributed by atoms with Crippen LogP contribution in [0, 0.1) is 0 Å². The number of fused-ring (bicyclic) bond motifs is 1. The molecule has 0 unspecified atom stereocenters. The van der Waals surface area contributed by atoms with Gasteiger partial charge < -0.3 is 4.74 Å². The minimum absolute atomic E-state index is 0.183. The number of carbonyl (C=O) groups excluding carboxylic acids is 1. The molecule has 6 heteroatoms. The molecule has 0 heterocycles. The number of carbonyl (C=O) groups is 1. The minimum atomic E-state index is -3.58. The lowest BCUT2D eigenvalue weighted by atomic mass is 10.1. The van der Waals surface area contributed by atoms with Crippen LogP contribution in [0.2, 0.25) is 0 Å². The lowest BCUT2D eigenvalue weighted by Gasteiger charge is -2.11. The first kappa shape index (κ1) is 17.0. The molecule has 5 nitrogen and oxygen atoms in total. The first-order valence-corrected chi connectivity index (χ1v) is 9.29. The fourth-order valence-electron chi connectivity index (χ4n) is 2.59. The summed E-state index contributed by atoms with van der Waals surface area (Å²) < 4.78 is 32.2. The van der Waals surface area contributed by atoms with E-state index >= 15 is 0 Å². The first-order chi connectivity index (χ1) is 12.0. The topological polar surface area (TPSA) is 72.5 Å². The molecule has 25 heavy (non-hydrogen) atoms. The second kappa shape index (κ2) is 6.94. The number of esters is 1. The Morgan fingerprint density at radius 2 is 1.64 bits per heavy atom. The van der Waals surface area contributed by atoms with Crippen molar-refractivity contribution >= 4 is 32.5 Å². The zero-order valence-corrected chi connectivity index (χ0v) is 14.4. The van der Waals surface area contributed by atoms with Crippen LogP contribution in [-0.2, 0) is 20.5 Å². The van der Waals surface area contributed by atoms with Gasteiger partial charge in [-0.15, -0.1) is 0 Å². The summed E-state index contributed by atoms with van der Waals surface area (Å²) in [5.41, 5.74) is 1.51. The van der Waals surface area contributed by atoms with E-state index in [0.29, 0.717) is 16.8 Å². The van der Waals surface area contributed by atoms with E-state index in [1.165, 1.54) is 7.11 Å². The molecule has 1 N–H and O–H groups in total. The highest BCUT2D eigenvalue weighted by molar-refractivity contribution is 7.91. The van der Waals surface area contributed by atoms with Crippen LogP contribution in [0.4, 0.5) is 5.69 Å². The van der Waals surface area contributed by atoms with E-state index in [-0.39, 0.29) is 5.75 Å². The van der Waals surface area contributed by atoms with E-state index in [0.717, 1.165) is 10.8 Å². The molecule has 0 bridgehead atoms. The number of ether oxygens (including phenoxy) is 1. The van der Waals surface area contributed by atoms with E-state index in [1.54, 1.807) is 30.3 Å². The predicted molar refractivity (Wildman–Crippen MR) is 98.0 cm³/mol. The van der Waals surface area contributed by atoms with Crippen LogP contribution in [0.15, 0.2) is 66.7 Å². The van der Waals surface area contributed by atoms with Crippen LogP contribution in [0.5, 0.6) is 0 Å². The Balaban J connectivity index is 1.81. The van der Waals surface area contributed by atoms with Gasteiger partial charge in [-0.05, 0) is 29.1 Å². The maximum atomic E-state index is 12.5. The molecule has 0 aliphatic carbocycles. The van der Waals surface area contributed by atoms with Crippen molar-refractivity contribution < 1.29 is 17.9 Å². The van der Waals surface area contributed by atoms with E-state index in [2.05, 4.69) is 9.46 Å². The molecule has 0 aliphatic rings. The standard InChI is InChI=1S/C19H17NO4S/c1-24-19(21)16-11-9-14(10-12-16)13-25(22,23)20-18-8-4-6-15-5-2-3-7-17(15)18/h2-12,20H,13H2,1H3. The molecule has 0 aliphatic heterocycles.